The van der Waals surface area contributed by atoms with Crippen molar-refractivity contribution >= 4 is 37.5 Å². The molecule has 0 spiro atoms. The minimum Gasteiger partial charge on any atom is -0.492 e. The predicted octanol–water partition coefficient (Wildman–Crippen LogP) is 1.97. The highest BCUT2D eigenvalue weighted by Crippen LogP contribution is 2.44. The topological polar surface area (TPSA) is 145 Å². The van der Waals surface area contributed by atoms with Gasteiger partial charge in [-0.05, 0) is 34.7 Å². The van der Waals surface area contributed by atoms with Crippen LogP contribution in [0.5, 0.6) is 0 Å². The molecule has 3 aliphatic heterocycles. The first kappa shape index (κ1) is 27.1. The Hall–Kier alpha value is -3.49. The Kier molecular flexibility index (Phi) is 7.60. The van der Waals surface area contributed by atoms with E-state index < -0.39 is 26.6 Å². The summed E-state index contributed by atoms with van der Waals surface area (Å²) in [7, 11) is -2.67. The van der Waals surface area contributed by atoms with E-state index in [0.29, 0.717) is 43.6 Å². The normalized spacial score (nSPS) is 22.6. The lowest BCUT2D eigenvalue weighted by Crippen LogP contribution is -2.50. The number of amides is 1. The summed E-state index contributed by atoms with van der Waals surface area (Å²) in [6, 6.07) is 7.23. The number of sulfonamides is 1. The molecule has 4 heterocycles. The van der Waals surface area contributed by atoms with E-state index >= 15 is 0 Å². The third kappa shape index (κ3) is 5.23. The molecule has 1 amide bonds. The molecule has 3 aliphatic rings. The molecule has 2 atom stereocenters. The van der Waals surface area contributed by atoms with Gasteiger partial charge in [-0.25, -0.2) is 18.0 Å². The molecule has 5 rings (SSSR count). The Morgan fingerprint density at radius 3 is 2.44 bits per heavy atom. The van der Waals surface area contributed by atoms with Crippen LogP contribution in [0, 0.1) is 6.92 Å². The van der Waals surface area contributed by atoms with Crippen LogP contribution >= 0.6 is 10.5 Å². The van der Waals surface area contributed by atoms with E-state index in [2.05, 4.69) is 15.0 Å². The number of aromatic nitrogens is 2. The third-order valence-electron chi connectivity index (χ3n) is 6.55. The molecule has 1 aromatic heterocycles. The molecule has 13 nitrogen and oxygen atoms in total. The number of rotatable bonds is 8. The van der Waals surface area contributed by atoms with Crippen molar-refractivity contribution in [3.05, 3.63) is 51.3 Å². The second kappa shape index (κ2) is 10.9. The molecule has 0 bridgehead atoms. The van der Waals surface area contributed by atoms with E-state index in [1.807, 2.05) is 12.1 Å². The third-order valence-corrected chi connectivity index (χ3v) is 10.6. The molecule has 15 heteroatoms. The van der Waals surface area contributed by atoms with E-state index in [4.69, 9.17) is 18.7 Å². The summed E-state index contributed by atoms with van der Waals surface area (Å²) in [5, 5.41) is 7.09. The SMILES string of the molecule is COC1=CS(=C=O)C(S(=O)(=O)N2CCN(CC3CN(c4ccc(-c5noc(C)n5)cc4)C(=O)O3)CC2)=C1OC. The van der Waals surface area contributed by atoms with Gasteiger partial charge in [0.2, 0.25) is 11.7 Å². The fourth-order valence-electron chi connectivity index (χ4n) is 4.62. The number of carbonyl (C=O) groups is 1. The Bertz CT molecular complexity index is 1490. The quantitative estimate of drug-likeness (QED) is 0.425. The van der Waals surface area contributed by atoms with Crippen molar-refractivity contribution in [3.63, 3.8) is 0 Å². The van der Waals surface area contributed by atoms with E-state index in [1.54, 1.807) is 29.2 Å². The molecular formula is C24H27N5O8S2. The van der Waals surface area contributed by atoms with Crippen LogP contribution in [-0.4, -0.2) is 98.7 Å². The molecule has 0 radical (unpaired) electrons. The zero-order valence-electron chi connectivity index (χ0n) is 21.5. The van der Waals surface area contributed by atoms with Gasteiger partial charge in [0.05, 0.1) is 20.8 Å². The van der Waals surface area contributed by atoms with Crippen LogP contribution in [0.4, 0.5) is 10.5 Å². The van der Waals surface area contributed by atoms with Gasteiger partial charge in [0.15, 0.2) is 21.0 Å². The van der Waals surface area contributed by atoms with Gasteiger partial charge in [-0.15, -0.1) is 0 Å². The van der Waals surface area contributed by atoms with Crippen molar-refractivity contribution in [2.24, 2.45) is 0 Å². The fourth-order valence-corrected chi connectivity index (χ4v) is 8.42. The van der Waals surface area contributed by atoms with Gasteiger partial charge in [0.1, 0.15) is 6.10 Å². The molecule has 2 fully saturated rings. The molecule has 0 aliphatic carbocycles. The van der Waals surface area contributed by atoms with Crippen LogP contribution in [0.3, 0.4) is 0 Å². The minimum absolute atomic E-state index is 0.0324. The second-order valence-electron chi connectivity index (χ2n) is 8.93. The summed E-state index contributed by atoms with van der Waals surface area (Å²) >= 11 is 0. The summed E-state index contributed by atoms with van der Waals surface area (Å²) in [4.78, 5) is 31.9. The van der Waals surface area contributed by atoms with Crippen LogP contribution in [0.1, 0.15) is 5.89 Å². The summed E-state index contributed by atoms with van der Waals surface area (Å²) < 4.78 is 49.1. The number of piperazine rings is 1. The largest absolute Gasteiger partial charge is 0.492 e. The van der Waals surface area contributed by atoms with Gasteiger partial charge in [0.25, 0.3) is 10.0 Å². The minimum atomic E-state index is -3.98. The van der Waals surface area contributed by atoms with E-state index in [0.717, 1.165) is 5.56 Å². The van der Waals surface area contributed by atoms with Crippen molar-refractivity contribution in [2.45, 2.75) is 13.0 Å². The summed E-state index contributed by atoms with van der Waals surface area (Å²) in [6.45, 7) is 3.84. The first-order chi connectivity index (χ1) is 18.7. The van der Waals surface area contributed by atoms with Crippen LogP contribution in [0.25, 0.3) is 11.4 Å². The van der Waals surface area contributed by atoms with Gasteiger partial charge < -0.3 is 18.7 Å². The summed E-state index contributed by atoms with van der Waals surface area (Å²) in [5.41, 5.74) is 1.46. The van der Waals surface area contributed by atoms with Crippen molar-refractivity contribution in [2.75, 3.05) is 58.4 Å². The lowest BCUT2D eigenvalue weighted by Gasteiger charge is -2.34. The van der Waals surface area contributed by atoms with Crippen molar-refractivity contribution in [1.29, 1.82) is 0 Å². The fraction of sp³-hybridized carbons (Fsp3) is 0.417. The molecular weight excluding hydrogens is 550 g/mol. The summed E-state index contributed by atoms with van der Waals surface area (Å²) in [6.07, 6.45) is -0.815. The number of ether oxygens (including phenoxy) is 3. The zero-order valence-corrected chi connectivity index (χ0v) is 23.2. The number of nitrogens with zero attached hydrogens (tertiary/aromatic N) is 5. The second-order valence-corrected chi connectivity index (χ2v) is 12.6. The highest BCUT2D eigenvalue weighted by molar-refractivity contribution is 8.29. The Balaban J connectivity index is 1.19. The molecule has 2 unspecified atom stereocenters. The van der Waals surface area contributed by atoms with E-state index in [1.165, 1.54) is 23.9 Å². The molecule has 2 aromatic rings. The van der Waals surface area contributed by atoms with Crippen LogP contribution in [-0.2, 0) is 29.0 Å². The average molecular weight is 578 g/mol. The molecule has 1 aromatic carbocycles. The monoisotopic (exact) mass is 577 g/mol. The highest BCUT2D eigenvalue weighted by atomic mass is 32.3. The van der Waals surface area contributed by atoms with E-state index in [-0.39, 0.29) is 34.9 Å². The lowest BCUT2D eigenvalue weighted by molar-refractivity contribution is 0.0939. The van der Waals surface area contributed by atoms with Crippen LogP contribution in [0.2, 0.25) is 0 Å². The maximum absolute atomic E-state index is 13.4. The zero-order chi connectivity index (χ0) is 27.7. The van der Waals surface area contributed by atoms with Crippen LogP contribution < -0.4 is 4.90 Å². The number of aryl methyl sites for hydroxylation is 1. The predicted molar refractivity (Wildman–Crippen MR) is 141 cm³/mol. The van der Waals surface area contributed by atoms with Crippen molar-refractivity contribution in [3.8, 4) is 11.4 Å². The number of hydrogen-bond donors (Lipinski definition) is 0. The molecule has 2 saturated heterocycles. The van der Waals surface area contributed by atoms with Crippen molar-refractivity contribution in [1.82, 2.24) is 19.3 Å². The Labute approximate surface area is 227 Å². The smallest absolute Gasteiger partial charge is 0.414 e. The maximum atomic E-state index is 13.4. The number of carbonyl (C=O) groups excluding carboxylic acids is 2. The van der Waals surface area contributed by atoms with Crippen molar-refractivity contribution < 1.29 is 36.7 Å². The first-order valence-electron chi connectivity index (χ1n) is 12.0. The Morgan fingerprint density at radius 2 is 1.85 bits per heavy atom. The van der Waals surface area contributed by atoms with Gasteiger partial charge in [-0.3, -0.25) is 9.80 Å². The standard InChI is InChI=1S/C24H27N5O8S2/c1-16-25-22(26-37-16)17-4-6-18(7-5-17)29-13-19(36-24(29)31)12-27-8-10-28(11-9-27)39(32,33)23-21(35-3)20(34-2)14-38(23)15-30/h4-7,14,19H,8-13H2,1-3H3. The molecule has 0 saturated carbocycles. The van der Waals surface area contributed by atoms with Gasteiger partial charge in [-0.1, -0.05) is 5.16 Å². The highest BCUT2D eigenvalue weighted by Gasteiger charge is 2.40. The summed E-state index contributed by atoms with van der Waals surface area (Å²) in [5.74, 6) is 1.18. The molecule has 208 valence electrons. The first-order valence-corrected chi connectivity index (χ1v) is 14.7. The van der Waals surface area contributed by atoms with Gasteiger partial charge in [-0.2, -0.15) is 9.29 Å². The number of anilines is 1. The van der Waals surface area contributed by atoms with Crippen LogP contribution in [0.15, 0.2) is 50.0 Å². The molecule has 39 heavy (non-hydrogen) atoms. The lowest BCUT2D eigenvalue weighted by atomic mass is 10.2. The number of hydrogen-bond acceptors (Lipinski definition) is 11. The number of benzene rings is 1. The Morgan fingerprint density at radius 1 is 1.13 bits per heavy atom. The van der Waals surface area contributed by atoms with E-state index in [9.17, 15) is 18.0 Å². The average Bonchev–Trinajstić information content (AvgIpc) is 3.65. The van der Waals surface area contributed by atoms with Gasteiger partial charge >= 0.3 is 6.09 Å². The number of cyclic esters (lactones) is 1. The number of methoxy groups -OCH3 is 2. The molecule has 0 N–H and O–H groups in total. The van der Waals surface area contributed by atoms with Gasteiger partial charge in [0, 0.05) is 56.3 Å². The maximum Gasteiger partial charge on any atom is 0.414 e.